The number of aryl methyl sites for hydroxylation is 1. The van der Waals surface area contributed by atoms with Crippen LogP contribution in [0.1, 0.15) is 17.2 Å². The molecule has 1 atom stereocenters. The first-order valence-corrected chi connectivity index (χ1v) is 3.76. The predicted octanol–water partition coefficient (Wildman–Crippen LogP) is 1.39. The second-order valence-electron chi connectivity index (χ2n) is 2.96. The van der Waals surface area contributed by atoms with Gasteiger partial charge < -0.3 is 10.5 Å². The Morgan fingerprint density at radius 3 is 3.18 bits per heavy atom. The van der Waals surface area contributed by atoms with Crippen LogP contribution in [-0.2, 0) is 0 Å². The van der Waals surface area contributed by atoms with Gasteiger partial charge in [-0.05, 0) is 18.6 Å². The van der Waals surface area contributed by atoms with Crippen LogP contribution in [0.3, 0.4) is 0 Å². The molecule has 1 aliphatic rings. The summed E-state index contributed by atoms with van der Waals surface area (Å²) in [5.74, 6) is 0.956. The van der Waals surface area contributed by atoms with Gasteiger partial charge in [-0.2, -0.15) is 0 Å². The number of fused-ring (bicyclic) bond motifs is 1. The van der Waals surface area contributed by atoms with E-state index >= 15 is 0 Å². The minimum absolute atomic E-state index is 0.0746. The van der Waals surface area contributed by atoms with Crippen molar-refractivity contribution >= 4 is 0 Å². The van der Waals surface area contributed by atoms with Gasteiger partial charge in [-0.25, -0.2) is 0 Å². The molecule has 1 aliphatic heterocycles. The molecule has 0 saturated heterocycles. The van der Waals surface area contributed by atoms with Crippen molar-refractivity contribution in [2.24, 2.45) is 5.73 Å². The van der Waals surface area contributed by atoms with Gasteiger partial charge in [0.05, 0.1) is 6.04 Å². The van der Waals surface area contributed by atoms with Crippen molar-refractivity contribution in [2.45, 2.75) is 13.0 Å². The van der Waals surface area contributed by atoms with Crippen molar-refractivity contribution in [3.8, 4) is 5.75 Å². The Morgan fingerprint density at radius 1 is 1.55 bits per heavy atom. The van der Waals surface area contributed by atoms with Crippen LogP contribution in [0.5, 0.6) is 5.75 Å². The van der Waals surface area contributed by atoms with E-state index in [9.17, 15) is 0 Å². The fourth-order valence-corrected chi connectivity index (χ4v) is 1.34. The number of benzene rings is 1. The zero-order valence-electron chi connectivity index (χ0n) is 6.50. The summed E-state index contributed by atoms with van der Waals surface area (Å²) in [4.78, 5) is 0. The number of hydrogen-bond acceptors (Lipinski definition) is 2. The van der Waals surface area contributed by atoms with Crippen molar-refractivity contribution in [2.75, 3.05) is 6.61 Å². The second-order valence-corrected chi connectivity index (χ2v) is 2.96. The number of ether oxygens (including phenoxy) is 1. The van der Waals surface area contributed by atoms with Crippen LogP contribution in [0.15, 0.2) is 18.2 Å². The van der Waals surface area contributed by atoms with Crippen LogP contribution in [0.25, 0.3) is 0 Å². The Hall–Kier alpha value is -1.02. The van der Waals surface area contributed by atoms with E-state index in [2.05, 4.69) is 6.07 Å². The molecule has 0 amide bonds. The number of rotatable bonds is 0. The molecule has 2 nitrogen and oxygen atoms in total. The summed E-state index contributed by atoms with van der Waals surface area (Å²) >= 11 is 0. The lowest BCUT2D eigenvalue weighted by molar-refractivity contribution is 0.333. The topological polar surface area (TPSA) is 35.2 Å². The molecule has 0 saturated carbocycles. The molecule has 2 rings (SSSR count). The zero-order chi connectivity index (χ0) is 7.84. The van der Waals surface area contributed by atoms with E-state index in [1.807, 2.05) is 19.1 Å². The van der Waals surface area contributed by atoms with Crippen molar-refractivity contribution in [3.63, 3.8) is 0 Å². The minimum atomic E-state index is 0.0746. The van der Waals surface area contributed by atoms with Gasteiger partial charge in [0.2, 0.25) is 0 Å². The van der Waals surface area contributed by atoms with Crippen molar-refractivity contribution in [1.82, 2.24) is 0 Å². The van der Waals surface area contributed by atoms with E-state index in [1.165, 1.54) is 5.56 Å². The molecule has 0 aliphatic carbocycles. The van der Waals surface area contributed by atoms with Crippen LogP contribution in [0.4, 0.5) is 0 Å². The van der Waals surface area contributed by atoms with E-state index in [4.69, 9.17) is 10.5 Å². The lowest BCUT2D eigenvalue weighted by Crippen LogP contribution is -2.10. The minimum Gasteiger partial charge on any atom is -0.491 e. The van der Waals surface area contributed by atoms with Gasteiger partial charge >= 0.3 is 0 Å². The monoisotopic (exact) mass is 149 g/mol. The summed E-state index contributed by atoms with van der Waals surface area (Å²) in [6.07, 6.45) is 0. The average molecular weight is 149 g/mol. The maximum absolute atomic E-state index is 5.77. The third-order valence-corrected chi connectivity index (χ3v) is 1.99. The van der Waals surface area contributed by atoms with E-state index in [-0.39, 0.29) is 6.04 Å². The molecular formula is C9H11NO. The van der Waals surface area contributed by atoms with Crippen LogP contribution in [0.2, 0.25) is 0 Å². The van der Waals surface area contributed by atoms with Crippen LogP contribution in [-0.4, -0.2) is 6.61 Å². The van der Waals surface area contributed by atoms with Gasteiger partial charge in [0, 0.05) is 5.56 Å². The molecule has 11 heavy (non-hydrogen) atoms. The Labute approximate surface area is 66.0 Å². The summed E-state index contributed by atoms with van der Waals surface area (Å²) in [5.41, 5.74) is 8.13. The molecular weight excluding hydrogens is 138 g/mol. The Balaban J connectivity index is 2.50. The summed E-state index contributed by atoms with van der Waals surface area (Å²) in [6, 6.07) is 6.21. The molecule has 0 fully saturated rings. The third kappa shape index (κ3) is 0.994. The molecule has 0 radical (unpaired) electrons. The van der Waals surface area contributed by atoms with Crippen molar-refractivity contribution in [3.05, 3.63) is 29.3 Å². The van der Waals surface area contributed by atoms with Crippen molar-refractivity contribution < 1.29 is 4.74 Å². The summed E-state index contributed by atoms with van der Waals surface area (Å²) in [7, 11) is 0. The van der Waals surface area contributed by atoms with E-state index in [0.717, 1.165) is 11.3 Å². The molecule has 2 N–H and O–H groups in total. The Kier molecular flexibility index (Phi) is 1.36. The normalized spacial score (nSPS) is 21.1. The summed E-state index contributed by atoms with van der Waals surface area (Å²) in [6.45, 7) is 2.67. The smallest absolute Gasteiger partial charge is 0.124 e. The molecule has 1 unspecified atom stereocenters. The highest BCUT2D eigenvalue weighted by molar-refractivity contribution is 5.41. The first-order chi connectivity index (χ1) is 5.27. The molecule has 58 valence electrons. The first-order valence-electron chi connectivity index (χ1n) is 3.76. The molecule has 1 aromatic rings. The van der Waals surface area contributed by atoms with Crippen LogP contribution < -0.4 is 10.5 Å². The average Bonchev–Trinajstić information content (AvgIpc) is 2.32. The fraction of sp³-hybridized carbons (Fsp3) is 0.333. The standard InChI is InChI=1S/C9H11NO/c1-6-2-3-7-8(10)5-11-9(7)4-6/h2-4,8H,5,10H2,1H3. The highest BCUT2D eigenvalue weighted by atomic mass is 16.5. The second kappa shape index (κ2) is 2.24. The van der Waals surface area contributed by atoms with E-state index in [1.54, 1.807) is 0 Å². The van der Waals surface area contributed by atoms with E-state index in [0.29, 0.717) is 6.61 Å². The van der Waals surface area contributed by atoms with Gasteiger partial charge in [-0.3, -0.25) is 0 Å². The lowest BCUT2D eigenvalue weighted by Gasteiger charge is -1.99. The van der Waals surface area contributed by atoms with Crippen LogP contribution in [0, 0.1) is 6.92 Å². The van der Waals surface area contributed by atoms with E-state index < -0.39 is 0 Å². The molecule has 1 heterocycles. The maximum atomic E-state index is 5.77. The quantitative estimate of drug-likeness (QED) is 0.605. The SMILES string of the molecule is Cc1ccc2c(c1)OCC2N. The Morgan fingerprint density at radius 2 is 2.36 bits per heavy atom. The largest absolute Gasteiger partial charge is 0.491 e. The molecule has 0 bridgehead atoms. The fourth-order valence-electron chi connectivity index (χ4n) is 1.34. The molecule has 2 heteroatoms. The lowest BCUT2D eigenvalue weighted by atomic mass is 10.1. The summed E-state index contributed by atoms with van der Waals surface area (Å²) in [5, 5.41) is 0. The highest BCUT2D eigenvalue weighted by Crippen LogP contribution is 2.30. The molecule has 1 aromatic carbocycles. The van der Waals surface area contributed by atoms with Gasteiger partial charge in [0.1, 0.15) is 12.4 Å². The number of hydrogen-bond donors (Lipinski definition) is 1. The predicted molar refractivity (Wildman–Crippen MR) is 43.6 cm³/mol. The van der Waals surface area contributed by atoms with Gasteiger partial charge in [0.25, 0.3) is 0 Å². The van der Waals surface area contributed by atoms with Crippen molar-refractivity contribution in [1.29, 1.82) is 0 Å². The first kappa shape index (κ1) is 6.68. The van der Waals surface area contributed by atoms with Crippen LogP contribution >= 0.6 is 0 Å². The third-order valence-electron chi connectivity index (χ3n) is 1.99. The zero-order valence-corrected chi connectivity index (χ0v) is 6.50. The van der Waals surface area contributed by atoms with Gasteiger partial charge in [0.15, 0.2) is 0 Å². The maximum Gasteiger partial charge on any atom is 0.124 e. The Bertz CT molecular complexity index is 283. The molecule has 0 aromatic heterocycles. The molecule has 0 spiro atoms. The van der Waals surface area contributed by atoms with Gasteiger partial charge in [-0.1, -0.05) is 12.1 Å². The number of nitrogens with two attached hydrogens (primary N) is 1. The highest BCUT2D eigenvalue weighted by Gasteiger charge is 2.19. The summed E-state index contributed by atoms with van der Waals surface area (Å²) < 4.78 is 5.37. The van der Waals surface area contributed by atoms with Gasteiger partial charge in [-0.15, -0.1) is 0 Å².